The summed E-state index contributed by atoms with van der Waals surface area (Å²) in [5.74, 6) is 0.451. The highest BCUT2D eigenvalue weighted by Gasteiger charge is 2.26. The molecule has 2 aliphatic rings. The maximum atomic E-state index is 12.6. The van der Waals surface area contributed by atoms with Crippen molar-refractivity contribution in [3.63, 3.8) is 0 Å². The summed E-state index contributed by atoms with van der Waals surface area (Å²) in [5.41, 5.74) is 4.06. The van der Waals surface area contributed by atoms with Gasteiger partial charge in [-0.1, -0.05) is 29.8 Å². The number of likely N-dealkylation sites (tertiary alicyclic amines) is 1. The number of fused-ring (bicyclic) bond motifs is 1. The molecule has 170 valence electrons. The molecule has 4 rings (SSSR count). The van der Waals surface area contributed by atoms with Crippen LogP contribution >= 0.6 is 11.6 Å². The van der Waals surface area contributed by atoms with Crippen molar-refractivity contribution in [3.05, 3.63) is 58.2 Å². The van der Waals surface area contributed by atoms with Gasteiger partial charge in [0.2, 0.25) is 11.8 Å². The molecule has 7 heteroatoms. The van der Waals surface area contributed by atoms with E-state index in [1.165, 1.54) is 42.1 Å². The van der Waals surface area contributed by atoms with Crippen molar-refractivity contribution < 1.29 is 9.59 Å². The fraction of sp³-hybridized carbons (Fsp3) is 0.480. The van der Waals surface area contributed by atoms with E-state index in [1.807, 2.05) is 6.92 Å². The second kappa shape index (κ2) is 10.5. The van der Waals surface area contributed by atoms with Crippen LogP contribution in [0, 0.1) is 5.92 Å². The molecule has 1 aliphatic carbocycles. The first-order chi connectivity index (χ1) is 15.5. The van der Waals surface area contributed by atoms with Gasteiger partial charge < -0.3 is 10.6 Å². The van der Waals surface area contributed by atoms with Gasteiger partial charge in [-0.2, -0.15) is 0 Å². The van der Waals surface area contributed by atoms with Gasteiger partial charge in [0.05, 0.1) is 17.6 Å². The standard InChI is InChI=1S/C25H31ClN4O2/c1-17(20-7-6-18-4-2-3-5-21(18)14-20)28-24(31)16-30-12-10-19(11-13-30)25(32)29-23-9-8-22(26)15-27-23/h6-9,14-15,17,19H,2-5,10-13,16H2,1H3,(H,28,31)(H,27,29,32)/t17-/m0/s1. The van der Waals surface area contributed by atoms with Crippen LogP contribution in [-0.2, 0) is 22.4 Å². The highest BCUT2D eigenvalue weighted by Crippen LogP contribution is 2.25. The van der Waals surface area contributed by atoms with E-state index in [4.69, 9.17) is 11.6 Å². The smallest absolute Gasteiger partial charge is 0.234 e. The highest BCUT2D eigenvalue weighted by molar-refractivity contribution is 6.30. The first-order valence-corrected chi connectivity index (χ1v) is 11.9. The molecule has 0 saturated carbocycles. The van der Waals surface area contributed by atoms with Crippen molar-refractivity contribution in [2.24, 2.45) is 5.92 Å². The Morgan fingerprint density at radius 3 is 2.59 bits per heavy atom. The average molecular weight is 455 g/mol. The van der Waals surface area contributed by atoms with Crippen LogP contribution in [0.2, 0.25) is 5.02 Å². The number of rotatable bonds is 6. The Bertz CT molecular complexity index is 955. The highest BCUT2D eigenvalue weighted by atomic mass is 35.5. The number of pyridine rings is 1. The number of piperidine rings is 1. The van der Waals surface area contributed by atoms with Gasteiger partial charge in [-0.25, -0.2) is 4.98 Å². The van der Waals surface area contributed by atoms with Crippen LogP contribution in [0.15, 0.2) is 36.5 Å². The van der Waals surface area contributed by atoms with Crippen molar-refractivity contribution in [3.8, 4) is 0 Å². The van der Waals surface area contributed by atoms with Gasteiger partial charge in [-0.15, -0.1) is 0 Å². The lowest BCUT2D eigenvalue weighted by Crippen LogP contribution is -2.43. The third-order valence-corrected chi connectivity index (χ3v) is 6.78. The number of carbonyl (C=O) groups excluding carboxylic acids is 2. The van der Waals surface area contributed by atoms with Gasteiger partial charge in [0, 0.05) is 12.1 Å². The summed E-state index contributed by atoms with van der Waals surface area (Å²) in [6.07, 6.45) is 7.81. The third kappa shape index (κ3) is 5.87. The van der Waals surface area contributed by atoms with Gasteiger partial charge in [-0.05, 0) is 87.4 Å². The maximum Gasteiger partial charge on any atom is 0.234 e. The van der Waals surface area contributed by atoms with Gasteiger partial charge in [0.1, 0.15) is 5.82 Å². The summed E-state index contributed by atoms with van der Waals surface area (Å²) in [4.78, 5) is 31.4. The molecular formula is C25H31ClN4O2. The molecular weight excluding hydrogens is 424 g/mol. The van der Waals surface area contributed by atoms with Crippen LogP contribution in [0.1, 0.15) is 55.3 Å². The number of carbonyl (C=O) groups is 2. The second-order valence-electron chi connectivity index (χ2n) is 8.93. The second-order valence-corrected chi connectivity index (χ2v) is 9.36. The van der Waals surface area contributed by atoms with Gasteiger partial charge in [-0.3, -0.25) is 14.5 Å². The van der Waals surface area contributed by atoms with Crippen LogP contribution < -0.4 is 10.6 Å². The minimum absolute atomic E-state index is 0.00933. The number of hydrogen-bond donors (Lipinski definition) is 2. The molecule has 1 atom stereocenters. The summed E-state index contributed by atoms with van der Waals surface area (Å²) in [5, 5.41) is 6.53. The molecule has 1 saturated heterocycles. The lowest BCUT2D eigenvalue weighted by Gasteiger charge is -2.31. The molecule has 0 radical (unpaired) electrons. The van der Waals surface area contributed by atoms with Crippen LogP contribution in [0.5, 0.6) is 0 Å². The summed E-state index contributed by atoms with van der Waals surface area (Å²) in [6, 6.07) is 10.0. The zero-order valence-electron chi connectivity index (χ0n) is 18.6. The zero-order chi connectivity index (χ0) is 22.5. The molecule has 0 bridgehead atoms. The largest absolute Gasteiger partial charge is 0.348 e. The molecule has 1 fully saturated rings. The van der Waals surface area contributed by atoms with E-state index >= 15 is 0 Å². The van der Waals surface area contributed by atoms with E-state index in [1.54, 1.807) is 12.1 Å². The van der Waals surface area contributed by atoms with E-state index < -0.39 is 0 Å². The fourth-order valence-electron chi connectivity index (χ4n) is 4.63. The molecule has 0 unspecified atom stereocenters. The van der Waals surface area contributed by atoms with Crippen LogP contribution in [0.25, 0.3) is 0 Å². The lowest BCUT2D eigenvalue weighted by molar-refractivity contribution is -0.124. The Morgan fingerprint density at radius 1 is 1.12 bits per heavy atom. The first kappa shape index (κ1) is 22.7. The fourth-order valence-corrected chi connectivity index (χ4v) is 4.74. The molecule has 1 aromatic carbocycles. The number of halogens is 1. The topological polar surface area (TPSA) is 74.3 Å². The number of amides is 2. The number of nitrogens with zero attached hydrogens (tertiary/aromatic N) is 2. The van der Waals surface area contributed by atoms with E-state index in [0.717, 1.165) is 32.4 Å². The summed E-state index contributed by atoms with van der Waals surface area (Å²) in [7, 11) is 0. The molecule has 2 aromatic rings. The predicted molar refractivity (Wildman–Crippen MR) is 127 cm³/mol. The molecule has 32 heavy (non-hydrogen) atoms. The molecule has 1 aromatic heterocycles. The van der Waals surface area contributed by atoms with Crippen molar-refractivity contribution in [2.75, 3.05) is 25.0 Å². The molecule has 2 N–H and O–H groups in total. The Morgan fingerprint density at radius 2 is 1.88 bits per heavy atom. The van der Waals surface area contributed by atoms with Gasteiger partial charge in [0.25, 0.3) is 0 Å². The van der Waals surface area contributed by atoms with E-state index in [9.17, 15) is 9.59 Å². The first-order valence-electron chi connectivity index (χ1n) is 11.5. The third-order valence-electron chi connectivity index (χ3n) is 6.55. The van der Waals surface area contributed by atoms with Crippen molar-refractivity contribution in [2.45, 2.75) is 51.5 Å². The number of aromatic nitrogens is 1. The Hall–Kier alpha value is -2.44. The summed E-state index contributed by atoms with van der Waals surface area (Å²) < 4.78 is 0. The van der Waals surface area contributed by atoms with Crippen LogP contribution in [0.3, 0.4) is 0 Å². The van der Waals surface area contributed by atoms with Crippen molar-refractivity contribution >= 4 is 29.2 Å². The lowest BCUT2D eigenvalue weighted by atomic mass is 9.89. The molecule has 1 aliphatic heterocycles. The molecule has 6 nitrogen and oxygen atoms in total. The number of benzene rings is 1. The van der Waals surface area contributed by atoms with E-state index in [2.05, 4.69) is 38.7 Å². The minimum Gasteiger partial charge on any atom is -0.348 e. The number of hydrogen-bond acceptors (Lipinski definition) is 4. The quantitative estimate of drug-likeness (QED) is 0.687. The van der Waals surface area contributed by atoms with Crippen LogP contribution in [0.4, 0.5) is 5.82 Å². The Kier molecular flexibility index (Phi) is 7.43. The maximum absolute atomic E-state index is 12.6. The van der Waals surface area contributed by atoms with Gasteiger partial charge >= 0.3 is 0 Å². The predicted octanol–water partition coefficient (Wildman–Crippen LogP) is 4.14. The summed E-state index contributed by atoms with van der Waals surface area (Å²) in [6.45, 7) is 3.87. The average Bonchev–Trinajstić information content (AvgIpc) is 2.80. The molecule has 2 heterocycles. The Labute approximate surface area is 194 Å². The normalized spacial score (nSPS) is 17.9. The summed E-state index contributed by atoms with van der Waals surface area (Å²) >= 11 is 5.84. The van der Waals surface area contributed by atoms with Crippen LogP contribution in [-0.4, -0.2) is 41.3 Å². The minimum atomic E-state index is -0.0683. The Balaban J connectivity index is 1.22. The molecule has 2 amide bonds. The SMILES string of the molecule is C[C@H](NC(=O)CN1CCC(C(=O)Nc2ccc(Cl)cn2)CC1)c1ccc2c(c1)CCCC2. The van der Waals surface area contributed by atoms with E-state index in [0.29, 0.717) is 17.4 Å². The number of aryl methyl sites for hydroxylation is 2. The number of anilines is 1. The van der Waals surface area contributed by atoms with Gasteiger partial charge in [0.15, 0.2) is 0 Å². The zero-order valence-corrected chi connectivity index (χ0v) is 19.3. The van der Waals surface area contributed by atoms with Crippen molar-refractivity contribution in [1.29, 1.82) is 0 Å². The van der Waals surface area contributed by atoms with E-state index in [-0.39, 0.29) is 23.8 Å². The van der Waals surface area contributed by atoms with Crippen molar-refractivity contribution in [1.82, 2.24) is 15.2 Å². The monoisotopic (exact) mass is 454 g/mol. The number of nitrogens with one attached hydrogen (secondary N) is 2. The molecule has 0 spiro atoms.